The zero-order valence-corrected chi connectivity index (χ0v) is 19.2. The maximum absolute atomic E-state index is 13.2. The lowest BCUT2D eigenvalue weighted by Gasteiger charge is -2.37. The van der Waals surface area contributed by atoms with Gasteiger partial charge in [0.15, 0.2) is 11.5 Å². The number of hydrogen-bond acceptors (Lipinski definition) is 7. The van der Waals surface area contributed by atoms with Gasteiger partial charge in [0.2, 0.25) is 5.91 Å². The minimum absolute atomic E-state index is 0.00468. The van der Waals surface area contributed by atoms with Gasteiger partial charge in [-0.2, -0.15) is 0 Å². The summed E-state index contributed by atoms with van der Waals surface area (Å²) in [6.07, 6.45) is 1.02. The Morgan fingerprint density at radius 2 is 1.88 bits per heavy atom. The van der Waals surface area contributed by atoms with Crippen LogP contribution in [0.25, 0.3) is 0 Å². The second-order valence-electron chi connectivity index (χ2n) is 7.58. The first-order valence-electron chi connectivity index (χ1n) is 10.4. The summed E-state index contributed by atoms with van der Waals surface area (Å²) in [4.78, 5) is 26.6. The van der Waals surface area contributed by atoms with Crippen molar-refractivity contribution in [1.82, 2.24) is 4.90 Å². The summed E-state index contributed by atoms with van der Waals surface area (Å²) in [5.41, 5.74) is 2.01. The smallest absolute Gasteiger partial charge is 0.269 e. The highest BCUT2D eigenvalue weighted by Crippen LogP contribution is 2.38. The zero-order chi connectivity index (χ0) is 23.4. The van der Waals surface area contributed by atoms with Crippen molar-refractivity contribution in [3.8, 4) is 17.2 Å². The molecule has 1 aromatic heterocycles. The van der Waals surface area contributed by atoms with Gasteiger partial charge < -0.3 is 19.1 Å². The van der Waals surface area contributed by atoms with Crippen molar-refractivity contribution in [3.05, 3.63) is 80.0 Å². The third kappa shape index (κ3) is 4.93. The summed E-state index contributed by atoms with van der Waals surface area (Å²) < 4.78 is 16.9. The summed E-state index contributed by atoms with van der Waals surface area (Å²) in [7, 11) is 3.17. The molecule has 0 fully saturated rings. The molecule has 1 atom stereocenters. The Labute approximate surface area is 195 Å². The lowest BCUT2D eigenvalue weighted by molar-refractivity contribution is -0.384. The van der Waals surface area contributed by atoms with Gasteiger partial charge in [-0.1, -0.05) is 6.07 Å². The van der Waals surface area contributed by atoms with Gasteiger partial charge in [0, 0.05) is 23.6 Å². The van der Waals surface area contributed by atoms with E-state index >= 15 is 0 Å². The van der Waals surface area contributed by atoms with Crippen LogP contribution >= 0.6 is 11.3 Å². The molecule has 1 aliphatic heterocycles. The minimum Gasteiger partial charge on any atom is -0.493 e. The first kappa shape index (κ1) is 22.6. The second-order valence-corrected chi connectivity index (χ2v) is 8.61. The van der Waals surface area contributed by atoms with Gasteiger partial charge in [-0.15, -0.1) is 11.3 Å². The first-order valence-corrected chi connectivity index (χ1v) is 11.3. The molecule has 4 rings (SSSR count). The predicted octanol–water partition coefficient (Wildman–Crippen LogP) is 4.42. The van der Waals surface area contributed by atoms with E-state index in [1.165, 1.54) is 12.1 Å². The molecule has 0 N–H and O–H groups in total. The van der Waals surface area contributed by atoms with E-state index in [0.29, 0.717) is 36.6 Å². The number of amides is 1. The second kappa shape index (κ2) is 9.91. The molecule has 0 aliphatic carbocycles. The molecule has 33 heavy (non-hydrogen) atoms. The highest BCUT2D eigenvalue weighted by Gasteiger charge is 2.33. The Balaban J connectivity index is 1.62. The average molecular weight is 469 g/mol. The summed E-state index contributed by atoms with van der Waals surface area (Å²) in [5.74, 6) is 1.75. The van der Waals surface area contributed by atoms with Gasteiger partial charge in [0.25, 0.3) is 5.69 Å². The minimum atomic E-state index is -0.453. The van der Waals surface area contributed by atoms with E-state index in [4.69, 9.17) is 14.2 Å². The summed E-state index contributed by atoms with van der Waals surface area (Å²) in [5, 5.41) is 12.9. The summed E-state index contributed by atoms with van der Waals surface area (Å²) >= 11 is 1.56. The average Bonchev–Trinajstić information content (AvgIpc) is 3.34. The molecule has 3 aromatic rings. The largest absolute Gasteiger partial charge is 0.493 e. The molecule has 8 nitrogen and oxygen atoms in total. The maximum Gasteiger partial charge on any atom is 0.269 e. The Morgan fingerprint density at radius 1 is 1.15 bits per heavy atom. The topological polar surface area (TPSA) is 91.1 Å². The number of carbonyl (C=O) groups excluding carboxylic acids is 1. The van der Waals surface area contributed by atoms with Gasteiger partial charge in [0.1, 0.15) is 12.4 Å². The quantitative estimate of drug-likeness (QED) is 0.359. The van der Waals surface area contributed by atoms with Crippen molar-refractivity contribution in [2.75, 3.05) is 27.4 Å². The number of ether oxygens (including phenoxy) is 3. The van der Waals surface area contributed by atoms with Crippen LogP contribution in [-0.4, -0.2) is 43.1 Å². The van der Waals surface area contributed by atoms with Gasteiger partial charge in [-0.25, -0.2) is 0 Å². The number of thiophene rings is 1. The van der Waals surface area contributed by atoms with E-state index in [-0.39, 0.29) is 24.2 Å². The summed E-state index contributed by atoms with van der Waals surface area (Å²) in [6.45, 7) is 0.761. The third-order valence-corrected chi connectivity index (χ3v) is 6.56. The molecule has 9 heteroatoms. The van der Waals surface area contributed by atoms with Crippen LogP contribution in [0, 0.1) is 10.1 Å². The van der Waals surface area contributed by atoms with Crippen LogP contribution in [0.4, 0.5) is 5.69 Å². The standard InChI is InChI=1S/C24H24N2O6S/c1-30-22-12-16-9-10-25(24(27)13-19-4-3-11-33-19)21(20(16)14-23(22)31-2)15-32-18-7-5-17(6-8-18)26(28)29/h3-8,11-12,14,21H,9-10,13,15H2,1-2H3/t21-/m1/s1. The fourth-order valence-corrected chi connectivity index (χ4v) is 4.71. The fourth-order valence-electron chi connectivity index (χ4n) is 4.01. The molecular formula is C24H24N2O6S. The van der Waals surface area contributed by atoms with E-state index < -0.39 is 4.92 Å². The molecule has 2 heterocycles. The first-order chi connectivity index (χ1) is 16.0. The van der Waals surface area contributed by atoms with Crippen molar-refractivity contribution < 1.29 is 23.9 Å². The van der Waals surface area contributed by atoms with Gasteiger partial charge in [-0.05, 0) is 53.3 Å². The molecule has 1 amide bonds. The molecule has 2 aromatic carbocycles. The molecule has 1 aliphatic rings. The van der Waals surface area contributed by atoms with Crippen molar-refractivity contribution in [2.24, 2.45) is 0 Å². The van der Waals surface area contributed by atoms with Crippen molar-refractivity contribution in [2.45, 2.75) is 18.9 Å². The third-order valence-electron chi connectivity index (χ3n) is 5.68. The van der Waals surface area contributed by atoms with Crippen molar-refractivity contribution in [1.29, 1.82) is 0 Å². The Bertz CT molecular complexity index is 1130. The molecule has 0 unspecified atom stereocenters. The van der Waals surface area contributed by atoms with Crippen LogP contribution in [0.2, 0.25) is 0 Å². The number of nitro groups is 1. The number of rotatable bonds is 8. The molecular weight excluding hydrogens is 444 g/mol. The Hall–Kier alpha value is -3.59. The zero-order valence-electron chi connectivity index (χ0n) is 18.4. The predicted molar refractivity (Wildman–Crippen MR) is 124 cm³/mol. The molecule has 0 saturated heterocycles. The van der Waals surface area contributed by atoms with Crippen LogP contribution in [0.3, 0.4) is 0 Å². The van der Waals surface area contributed by atoms with Crippen molar-refractivity contribution in [3.63, 3.8) is 0 Å². The highest BCUT2D eigenvalue weighted by molar-refractivity contribution is 7.10. The van der Waals surface area contributed by atoms with E-state index in [2.05, 4.69) is 0 Å². The monoisotopic (exact) mass is 468 g/mol. The number of nitrogens with zero attached hydrogens (tertiary/aromatic N) is 2. The lowest BCUT2D eigenvalue weighted by Crippen LogP contribution is -2.43. The van der Waals surface area contributed by atoms with Crippen LogP contribution in [0.15, 0.2) is 53.9 Å². The van der Waals surface area contributed by atoms with E-state index in [1.807, 2.05) is 34.5 Å². The molecule has 0 saturated carbocycles. The number of carbonyl (C=O) groups is 1. The van der Waals surface area contributed by atoms with Crippen LogP contribution in [0.1, 0.15) is 22.0 Å². The van der Waals surface area contributed by atoms with Crippen LogP contribution < -0.4 is 14.2 Å². The normalized spacial score (nSPS) is 15.0. The van der Waals surface area contributed by atoms with Crippen LogP contribution in [-0.2, 0) is 17.6 Å². The van der Waals surface area contributed by atoms with E-state index in [0.717, 1.165) is 16.0 Å². The van der Waals surface area contributed by atoms with Gasteiger partial charge in [0.05, 0.1) is 31.6 Å². The molecule has 0 spiro atoms. The molecule has 0 bridgehead atoms. The molecule has 172 valence electrons. The fraction of sp³-hybridized carbons (Fsp3) is 0.292. The number of nitro benzene ring substituents is 1. The number of methoxy groups -OCH3 is 2. The Morgan fingerprint density at radius 3 is 2.52 bits per heavy atom. The van der Waals surface area contributed by atoms with Gasteiger partial charge in [-0.3, -0.25) is 14.9 Å². The highest BCUT2D eigenvalue weighted by atomic mass is 32.1. The van der Waals surface area contributed by atoms with Crippen LogP contribution in [0.5, 0.6) is 17.2 Å². The number of benzene rings is 2. The Kier molecular flexibility index (Phi) is 6.79. The van der Waals surface area contributed by atoms with Gasteiger partial charge >= 0.3 is 0 Å². The van der Waals surface area contributed by atoms with E-state index in [1.54, 1.807) is 37.7 Å². The number of hydrogen-bond donors (Lipinski definition) is 0. The number of non-ortho nitro benzene ring substituents is 1. The van der Waals surface area contributed by atoms with E-state index in [9.17, 15) is 14.9 Å². The van der Waals surface area contributed by atoms with Crippen molar-refractivity contribution >= 4 is 22.9 Å². The maximum atomic E-state index is 13.2. The SMILES string of the molecule is COc1cc2c(cc1OC)[C@@H](COc1ccc([N+](=O)[O-])cc1)N(C(=O)Cc1cccs1)CC2. The lowest BCUT2D eigenvalue weighted by atomic mass is 9.91. The number of fused-ring (bicyclic) bond motifs is 1. The molecule has 0 radical (unpaired) electrons. The summed E-state index contributed by atoms with van der Waals surface area (Å²) in [6, 6.07) is 13.3.